The molecule has 2 heterocycles. The Bertz CT molecular complexity index is 741. The van der Waals surface area contributed by atoms with Crippen LogP contribution in [-0.2, 0) is 14.3 Å². The maximum absolute atomic E-state index is 14.6. The van der Waals surface area contributed by atoms with E-state index in [9.17, 15) is 19.2 Å². The first-order valence-corrected chi connectivity index (χ1v) is 10.6. The van der Waals surface area contributed by atoms with Crippen molar-refractivity contribution in [2.24, 2.45) is 0 Å². The normalized spacial score (nSPS) is 19.2. The predicted octanol–water partition coefficient (Wildman–Crippen LogP) is 3.18. The summed E-state index contributed by atoms with van der Waals surface area (Å²) in [6.45, 7) is 4.44. The summed E-state index contributed by atoms with van der Waals surface area (Å²) in [4.78, 5) is 27.5. The Balaban J connectivity index is 1.55. The second kappa shape index (κ2) is 10.6. The highest BCUT2D eigenvalue weighted by Crippen LogP contribution is 2.28. The average Bonchev–Trinajstić information content (AvgIpc) is 3.11. The average molecular weight is 423 g/mol. The molecule has 1 unspecified atom stereocenters. The van der Waals surface area contributed by atoms with Gasteiger partial charge >= 0.3 is 6.09 Å². The summed E-state index contributed by atoms with van der Waals surface area (Å²) in [7, 11) is 0. The molecule has 1 atom stereocenters. The van der Waals surface area contributed by atoms with E-state index < -0.39 is 18.0 Å². The van der Waals surface area contributed by atoms with Crippen LogP contribution in [0, 0.1) is 5.82 Å². The minimum atomic E-state index is -0.677. The van der Waals surface area contributed by atoms with E-state index in [1.54, 1.807) is 12.1 Å². The Labute approximate surface area is 176 Å². The van der Waals surface area contributed by atoms with E-state index in [1.807, 2.05) is 4.90 Å². The number of nitrogens with zero attached hydrogens (tertiary/aromatic N) is 3. The Hall–Kier alpha value is -2.39. The molecule has 2 aliphatic heterocycles. The number of anilines is 2. The lowest BCUT2D eigenvalue weighted by molar-refractivity contribution is -0.169. The lowest BCUT2D eigenvalue weighted by Gasteiger charge is -2.29. The quantitative estimate of drug-likeness (QED) is 0.373. The van der Waals surface area contributed by atoms with E-state index in [1.165, 1.54) is 11.0 Å². The van der Waals surface area contributed by atoms with Gasteiger partial charge in [-0.25, -0.2) is 14.2 Å². The first-order chi connectivity index (χ1) is 14.5. The molecule has 0 saturated carbocycles. The molecule has 0 radical (unpaired) electrons. The number of amides is 2. The number of halogens is 1. The molecule has 166 valence electrons. The van der Waals surface area contributed by atoms with Gasteiger partial charge in [0.25, 0.3) is 0 Å². The van der Waals surface area contributed by atoms with Crippen molar-refractivity contribution in [3.63, 3.8) is 0 Å². The number of carbonyl (C=O) groups is 2. The molecule has 0 aromatic heterocycles. The Morgan fingerprint density at radius 1 is 1.27 bits per heavy atom. The monoisotopic (exact) mass is 423 g/mol. The van der Waals surface area contributed by atoms with Gasteiger partial charge in [0.05, 0.1) is 37.7 Å². The molecule has 0 aliphatic carbocycles. The van der Waals surface area contributed by atoms with Gasteiger partial charge in [-0.3, -0.25) is 14.9 Å². The lowest BCUT2D eigenvalue weighted by Crippen LogP contribution is -2.37. The molecule has 1 N–H and O–H groups in total. The molecular weight excluding hydrogens is 393 g/mol. The highest BCUT2D eigenvalue weighted by Gasteiger charge is 2.34. The van der Waals surface area contributed by atoms with E-state index in [0.29, 0.717) is 42.7 Å². The van der Waals surface area contributed by atoms with Crippen LogP contribution in [0.5, 0.6) is 0 Å². The molecule has 1 aromatic carbocycles. The smallest absolute Gasteiger partial charge is 0.414 e. The van der Waals surface area contributed by atoms with Gasteiger partial charge in [-0.15, -0.1) is 0 Å². The third-order valence-electron chi connectivity index (χ3n) is 5.38. The van der Waals surface area contributed by atoms with Crippen LogP contribution in [0.2, 0.25) is 0 Å². The zero-order valence-corrected chi connectivity index (χ0v) is 17.4. The number of rotatable bonds is 9. The van der Waals surface area contributed by atoms with Gasteiger partial charge in [0.2, 0.25) is 5.91 Å². The molecule has 3 rings (SSSR count). The Morgan fingerprint density at radius 2 is 2.03 bits per heavy atom. The fourth-order valence-corrected chi connectivity index (χ4v) is 3.68. The minimum Gasteiger partial charge on any atom is -0.442 e. The van der Waals surface area contributed by atoms with Gasteiger partial charge in [-0.1, -0.05) is 26.2 Å². The zero-order valence-electron chi connectivity index (χ0n) is 17.4. The van der Waals surface area contributed by atoms with Gasteiger partial charge in [0, 0.05) is 19.5 Å². The number of hydrogen-bond donors (Lipinski definition) is 1. The Morgan fingerprint density at radius 3 is 2.73 bits per heavy atom. The van der Waals surface area contributed by atoms with E-state index >= 15 is 0 Å². The maximum atomic E-state index is 14.6. The van der Waals surface area contributed by atoms with Gasteiger partial charge < -0.3 is 14.4 Å². The molecule has 8 nitrogen and oxygen atoms in total. The van der Waals surface area contributed by atoms with Gasteiger partial charge in [0.1, 0.15) is 11.9 Å². The summed E-state index contributed by atoms with van der Waals surface area (Å²) in [5.41, 5.74) is 0.855. The van der Waals surface area contributed by atoms with Crippen LogP contribution >= 0.6 is 0 Å². The van der Waals surface area contributed by atoms with Crippen molar-refractivity contribution in [2.45, 2.75) is 45.1 Å². The number of hydrogen-bond acceptors (Lipinski definition) is 6. The summed E-state index contributed by atoms with van der Waals surface area (Å²) in [6, 6.07) is 4.63. The highest BCUT2D eigenvalue weighted by molar-refractivity contribution is 5.90. The molecular formula is C21H30FN3O5. The number of cyclic esters (lactones) is 1. The number of ether oxygens (including phenoxy) is 2. The van der Waals surface area contributed by atoms with Crippen LogP contribution in [0.4, 0.5) is 20.6 Å². The molecule has 2 fully saturated rings. The van der Waals surface area contributed by atoms with Crippen molar-refractivity contribution in [1.82, 2.24) is 5.06 Å². The molecule has 0 spiro atoms. The third-order valence-corrected chi connectivity index (χ3v) is 5.38. The van der Waals surface area contributed by atoms with Crippen molar-refractivity contribution >= 4 is 23.4 Å². The first kappa shape index (κ1) is 22.3. The second-order valence-electron chi connectivity index (χ2n) is 7.64. The van der Waals surface area contributed by atoms with Crippen LogP contribution in [0.15, 0.2) is 18.2 Å². The Kier molecular flexibility index (Phi) is 7.87. The van der Waals surface area contributed by atoms with Crippen molar-refractivity contribution in [1.29, 1.82) is 0 Å². The fraction of sp³-hybridized carbons (Fsp3) is 0.619. The van der Waals surface area contributed by atoms with Crippen LogP contribution in [-0.4, -0.2) is 67.8 Å². The molecule has 2 amide bonds. The summed E-state index contributed by atoms with van der Waals surface area (Å²) >= 11 is 0. The van der Waals surface area contributed by atoms with E-state index in [0.717, 1.165) is 25.7 Å². The molecule has 9 heteroatoms. The van der Waals surface area contributed by atoms with Crippen LogP contribution in [0.25, 0.3) is 0 Å². The molecule has 2 saturated heterocycles. The van der Waals surface area contributed by atoms with Crippen molar-refractivity contribution in [3.8, 4) is 0 Å². The second-order valence-corrected chi connectivity index (χ2v) is 7.64. The number of unbranched alkanes of at least 4 members (excludes halogenated alkanes) is 3. The summed E-state index contributed by atoms with van der Waals surface area (Å²) < 4.78 is 25.2. The molecule has 1 aromatic rings. The standard InChI is InChI=1S/C21H30FN3O5/c1-2-3-4-5-6-20(26)25(28)15-17-14-24(21(27)30-17)16-7-8-19(18(22)13-16)23-9-11-29-12-10-23/h7-8,13,17,28H,2-6,9-12,14-15H2,1H3. The number of hydroxylamine groups is 2. The van der Waals surface area contributed by atoms with Crippen molar-refractivity contribution < 1.29 is 28.7 Å². The van der Waals surface area contributed by atoms with Gasteiger partial charge in [0.15, 0.2) is 0 Å². The lowest BCUT2D eigenvalue weighted by atomic mass is 10.1. The zero-order chi connectivity index (χ0) is 21.5. The largest absolute Gasteiger partial charge is 0.442 e. The molecule has 30 heavy (non-hydrogen) atoms. The van der Waals surface area contributed by atoms with E-state index in [-0.39, 0.29) is 25.4 Å². The third kappa shape index (κ3) is 5.60. The molecule has 0 bridgehead atoms. The van der Waals surface area contributed by atoms with E-state index in [2.05, 4.69) is 6.92 Å². The van der Waals surface area contributed by atoms with Gasteiger partial charge in [-0.05, 0) is 24.6 Å². The SMILES string of the molecule is CCCCCCC(=O)N(O)CC1CN(c2ccc(N3CCOCC3)c(F)c2)C(=O)O1. The summed E-state index contributed by atoms with van der Waals surface area (Å²) in [5.74, 6) is -0.807. The first-order valence-electron chi connectivity index (χ1n) is 10.6. The van der Waals surface area contributed by atoms with E-state index in [4.69, 9.17) is 9.47 Å². The predicted molar refractivity (Wildman–Crippen MR) is 109 cm³/mol. The molecule has 2 aliphatic rings. The number of carbonyl (C=O) groups excluding carboxylic acids is 2. The van der Waals surface area contributed by atoms with Crippen molar-refractivity contribution in [3.05, 3.63) is 24.0 Å². The van der Waals surface area contributed by atoms with Gasteiger partial charge in [-0.2, -0.15) is 0 Å². The summed E-state index contributed by atoms with van der Waals surface area (Å²) in [6.07, 6.45) is 2.73. The fourth-order valence-electron chi connectivity index (χ4n) is 3.68. The maximum Gasteiger partial charge on any atom is 0.414 e. The number of benzene rings is 1. The van der Waals surface area contributed by atoms with Crippen molar-refractivity contribution in [2.75, 3.05) is 49.2 Å². The number of morpholine rings is 1. The van der Waals surface area contributed by atoms with Crippen LogP contribution < -0.4 is 9.80 Å². The topological polar surface area (TPSA) is 82.6 Å². The highest BCUT2D eigenvalue weighted by atomic mass is 19.1. The van der Waals surface area contributed by atoms with Crippen LogP contribution in [0.3, 0.4) is 0 Å². The minimum absolute atomic E-state index is 0.108. The van der Waals surface area contributed by atoms with Crippen LogP contribution in [0.1, 0.15) is 39.0 Å². The summed E-state index contributed by atoms with van der Waals surface area (Å²) in [5, 5.41) is 10.6.